The van der Waals surface area contributed by atoms with Gasteiger partial charge in [0, 0.05) is 17.2 Å². The zero-order valence-electron chi connectivity index (χ0n) is 11.5. The first-order chi connectivity index (χ1) is 11.1. The first-order valence-corrected chi connectivity index (χ1v) is 7.26. The van der Waals surface area contributed by atoms with Gasteiger partial charge in [-0.25, -0.2) is 13.9 Å². The molecule has 0 aliphatic heterocycles. The van der Waals surface area contributed by atoms with E-state index < -0.39 is 11.6 Å². The van der Waals surface area contributed by atoms with Crippen LogP contribution in [0.2, 0.25) is 5.02 Å². The smallest absolute Gasteiger partial charge is 0.216 e. The number of aromatic amines is 1. The van der Waals surface area contributed by atoms with Crippen LogP contribution in [0, 0.1) is 16.4 Å². The fraction of sp³-hybridized carbons (Fsp3) is 0. The number of H-pyrrole nitrogens is 1. The number of benzene rings is 2. The summed E-state index contributed by atoms with van der Waals surface area (Å²) in [6, 6.07) is 10.3. The summed E-state index contributed by atoms with van der Waals surface area (Å²) in [5.41, 5.74) is 0.748. The molecule has 0 atom stereocenters. The van der Waals surface area contributed by atoms with Crippen LogP contribution in [0.1, 0.15) is 5.56 Å². The zero-order valence-corrected chi connectivity index (χ0v) is 13.1. The van der Waals surface area contributed by atoms with Crippen LogP contribution >= 0.6 is 23.8 Å². The predicted molar refractivity (Wildman–Crippen MR) is 87.2 cm³/mol. The van der Waals surface area contributed by atoms with E-state index in [-0.39, 0.29) is 10.3 Å². The lowest BCUT2D eigenvalue weighted by molar-refractivity contribution is 0.582. The van der Waals surface area contributed by atoms with E-state index >= 15 is 0 Å². The highest BCUT2D eigenvalue weighted by molar-refractivity contribution is 7.71. The molecule has 1 aromatic heterocycles. The molecule has 3 aromatic rings. The molecule has 116 valence electrons. The van der Waals surface area contributed by atoms with Crippen molar-refractivity contribution >= 4 is 30.0 Å². The number of nitrogens with zero attached hydrogens (tertiary/aromatic N) is 3. The van der Waals surface area contributed by atoms with Gasteiger partial charge in [0.05, 0.1) is 11.2 Å². The number of nitrogens with one attached hydrogen (secondary N) is 1. The van der Waals surface area contributed by atoms with Crippen molar-refractivity contribution in [1.82, 2.24) is 14.9 Å². The maximum atomic E-state index is 13.7. The standard InChI is InChI=1S/C15H9ClF2N4S/c16-12-4-2-1-3-11(12)14-20-21-15(23)22(14)19-8-9-5-6-10(17)7-13(9)18/h1-8H,(H,21,23)/b19-8-. The molecule has 0 aliphatic carbocycles. The van der Waals surface area contributed by atoms with Crippen molar-refractivity contribution in [1.29, 1.82) is 0 Å². The summed E-state index contributed by atoms with van der Waals surface area (Å²) >= 11 is 11.3. The summed E-state index contributed by atoms with van der Waals surface area (Å²) in [5.74, 6) is -0.987. The quantitative estimate of drug-likeness (QED) is 0.561. The third-order valence-corrected chi connectivity index (χ3v) is 3.63. The van der Waals surface area contributed by atoms with Crippen LogP contribution in [0.25, 0.3) is 11.4 Å². The van der Waals surface area contributed by atoms with Gasteiger partial charge in [-0.2, -0.15) is 14.9 Å². The molecule has 0 unspecified atom stereocenters. The van der Waals surface area contributed by atoms with Crippen LogP contribution in [0.15, 0.2) is 47.6 Å². The second kappa shape index (κ2) is 6.39. The molecule has 2 aromatic carbocycles. The summed E-state index contributed by atoms with van der Waals surface area (Å²) in [5, 5.41) is 11.3. The molecule has 0 saturated heterocycles. The van der Waals surface area contributed by atoms with E-state index in [1.165, 1.54) is 17.0 Å². The SMILES string of the molecule is Fc1ccc(/C=N\n2c(-c3ccccc3Cl)n[nH]c2=S)c(F)c1. The van der Waals surface area contributed by atoms with Gasteiger partial charge in [0.25, 0.3) is 0 Å². The molecular formula is C15H9ClF2N4S. The van der Waals surface area contributed by atoms with Gasteiger partial charge in [0.2, 0.25) is 4.77 Å². The van der Waals surface area contributed by atoms with Crippen molar-refractivity contribution in [2.45, 2.75) is 0 Å². The van der Waals surface area contributed by atoms with Crippen molar-refractivity contribution in [3.8, 4) is 11.4 Å². The molecule has 1 N–H and O–H groups in total. The van der Waals surface area contributed by atoms with Crippen LogP contribution in [-0.4, -0.2) is 21.1 Å². The normalized spacial score (nSPS) is 11.3. The van der Waals surface area contributed by atoms with E-state index in [4.69, 9.17) is 23.8 Å². The predicted octanol–water partition coefficient (Wildman–Crippen LogP) is 4.42. The molecule has 0 spiro atoms. The monoisotopic (exact) mass is 350 g/mol. The van der Waals surface area contributed by atoms with Crippen LogP contribution in [0.5, 0.6) is 0 Å². The Morgan fingerprint density at radius 2 is 2.00 bits per heavy atom. The number of hydrogen-bond acceptors (Lipinski definition) is 3. The number of aromatic nitrogens is 3. The molecule has 0 bridgehead atoms. The van der Waals surface area contributed by atoms with Crippen molar-refractivity contribution in [3.05, 3.63) is 69.5 Å². The van der Waals surface area contributed by atoms with Gasteiger partial charge >= 0.3 is 0 Å². The Morgan fingerprint density at radius 1 is 1.22 bits per heavy atom. The Kier molecular flexibility index (Phi) is 4.31. The van der Waals surface area contributed by atoms with Gasteiger partial charge in [-0.3, -0.25) is 0 Å². The molecule has 0 saturated carbocycles. The molecule has 23 heavy (non-hydrogen) atoms. The first-order valence-electron chi connectivity index (χ1n) is 6.48. The lowest BCUT2D eigenvalue weighted by atomic mass is 10.2. The Labute approximate surface area is 140 Å². The Hall–Kier alpha value is -2.38. The minimum Gasteiger partial charge on any atom is -0.250 e. The van der Waals surface area contributed by atoms with E-state index in [0.717, 1.165) is 12.1 Å². The summed E-state index contributed by atoms with van der Waals surface area (Å²) in [6.07, 6.45) is 1.24. The number of halogens is 3. The summed E-state index contributed by atoms with van der Waals surface area (Å²) in [7, 11) is 0. The van der Waals surface area contributed by atoms with Crippen LogP contribution in [0.3, 0.4) is 0 Å². The van der Waals surface area contributed by atoms with Crippen LogP contribution in [-0.2, 0) is 0 Å². The molecular weight excluding hydrogens is 342 g/mol. The minimum absolute atomic E-state index is 0.125. The topological polar surface area (TPSA) is 46.0 Å². The molecule has 0 radical (unpaired) electrons. The second-order valence-corrected chi connectivity index (χ2v) is 5.35. The average molecular weight is 351 g/mol. The fourth-order valence-corrected chi connectivity index (χ4v) is 2.34. The molecule has 1 heterocycles. The van der Waals surface area contributed by atoms with Gasteiger partial charge < -0.3 is 0 Å². The third kappa shape index (κ3) is 3.20. The van der Waals surface area contributed by atoms with Crippen molar-refractivity contribution < 1.29 is 8.78 Å². The molecule has 0 aliphatic rings. The lowest BCUT2D eigenvalue weighted by Crippen LogP contribution is -1.97. The van der Waals surface area contributed by atoms with Crippen LogP contribution in [0.4, 0.5) is 8.78 Å². The third-order valence-electron chi connectivity index (χ3n) is 3.04. The van der Waals surface area contributed by atoms with Crippen molar-refractivity contribution in [3.63, 3.8) is 0 Å². The fourth-order valence-electron chi connectivity index (χ4n) is 1.94. The first kappa shape index (κ1) is 15.5. The highest BCUT2D eigenvalue weighted by Gasteiger charge is 2.11. The van der Waals surface area contributed by atoms with Gasteiger partial charge in [0.1, 0.15) is 11.6 Å². The molecule has 3 rings (SSSR count). The van der Waals surface area contributed by atoms with E-state index in [2.05, 4.69) is 15.3 Å². The lowest BCUT2D eigenvalue weighted by Gasteiger charge is -2.03. The summed E-state index contributed by atoms with van der Waals surface area (Å²) in [4.78, 5) is 0. The van der Waals surface area contributed by atoms with Crippen molar-refractivity contribution in [2.24, 2.45) is 5.10 Å². The summed E-state index contributed by atoms with van der Waals surface area (Å²) in [6.45, 7) is 0. The Morgan fingerprint density at radius 3 is 2.74 bits per heavy atom. The van der Waals surface area contributed by atoms with E-state index in [1.807, 2.05) is 0 Å². The zero-order chi connectivity index (χ0) is 16.4. The van der Waals surface area contributed by atoms with E-state index in [1.54, 1.807) is 24.3 Å². The Balaban J connectivity index is 2.04. The highest BCUT2D eigenvalue weighted by atomic mass is 35.5. The van der Waals surface area contributed by atoms with Crippen LogP contribution < -0.4 is 0 Å². The van der Waals surface area contributed by atoms with E-state index in [0.29, 0.717) is 16.4 Å². The van der Waals surface area contributed by atoms with Gasteiger partial charge in [-0.05, 0) is 36.5 Å². The maximum absolute atomic E-state index is 13.7. The Bertz CT molecular complexity index is 949. The van der Waals surface area contributed by atoms with Crippen molar-refractivity contribution in [2.75, 3.05) is 0 Å². The molecule has 0 fully saturated rings. The van der Waals surface area contributed by atoms with Gasteiger partial charge in [-0.15, -0.1) is 0 Å². The molecule has 8 heteroatoms. The minimum atomic E-state index is -0.719. The van der Waals surface area contributed by atoms with E-state index in [9.17, 15) is 8.78 Å². The molecule has 0 amide bonds. The molecule has 4 nitrogen and oxygen atoms in total. The number of rotatable bonds is 3. The highest BCUT2D eigenvalue weighted by Crippen LogP contribution is 2.25. The second-order valence-electron chi connectivity index (χ2n) is 4.55. The largest absolute Gasteiger partial charge is 0.250 e. The number of hydrogen-bond donors (Lipinski definition) is 1. The van der Waals surface area contributed by atoms with Gasteiger partial charge in [0.15, 0.2) is 5.82 Å². The summed E-state index contributed by atoms with van der Waals surface area (Å²) < 4.78 is 28.1. The maximum Gasteiger partial charge on any atom is 0.216 e. The van der Waals surface area contributed by atoms with Gasteiger partial charge in [-0.1, -0.05) is 23.7 Å². The average Bonchev–Trinajstić information content (AvgIpc) is 2.88.